The summed E-state index contributed by atoms with van der Waals surface area (Å²) in [6.45, 7) is 1.91. The maximum atomic E-state index is 13.6. The molecule has 0 spiro atoms. The molecule has 0 aromatic carbocycles. The molecule has 3 rings (SSSR count). The van der Waals surface area contributed by atoms with Gasteiger partial charge in [0.15, 0.2) is 5.16 Å². The van der Waals surface area contributed by atoms with Gasteiger partial charge in [0, 0.05) is 23.7 Å². The molecule has 0 atom stereocenters. The van der Waals surface area contributed by atoms with Gasteiger partial charge in [-0.05, 0) is 30.7 Å². The predicted octanol–water partition coefficient (Wildman–Crippen LogP) is 3.47. The molecule has 0 fully saturated rings. The monoisotopic (exact) mass is 273 g/mol. The molecule has 3 aromatic rings. The molecule has 0 amide bonds. The third-order valence-corrected chi connectivity index (χ3v) is 3.83. The number of fused-ring (bicyclic) bond motifs is 1. The van der Waals surface area contributed by atoms with Crippen LogP contribution in [0.15, 0.2) is 48.0 Å². The van der Waals surface area contributed by atoms with Gasteiger partial charge in [0.25, 0.3) is 0 Å². The van der Waals surface area contributed by atoms with Crippen LogP contribution in [0.3, 0.4) is 0 Å². The number of halogens is 1. The van der Waals surface area contributed by atoms with Gasteiger partial charge in [-0.15, -0.1) is 0 Å². The van der Waals surface area contributed by atoms with Gasteiger partial charge < -0.3 is 0 Å². The Bertz CT molecular complexity index is 724. The highest BCUT2D eigenvalue weighted by molar-refractivity contribution is 7.98. The molecule has 0 unspecified atom stereocenters. The largest absolute Gasteiger partial charge is 0.295 e. The number of nitrogens with zero attached hydrogens (tertiary/aromatic N) is 3. The highest BCUT2D eigenvalue weighted by Crippen LogP contribution is 2.23. The summed E-state index contributed by atoms with van der Waals surface area (Å²) in [5, 5.41) is 0.858. The van der Waals surface area contributed by atoms with Crippen molar-refractivity contribution in [2.45, 2.75) is 17.8 Å². The third-order valence-electron chi connectivity index (χ3n) is 2.81. The van der Waals surface area contributed by atoms with E-state index in [4.69, 9.17) is 0 Å². The second-order valence-electron chi connectivity index (χ2n) is 4.29. The van der Waals surface area contributed by atoms with E-state index in [2.05, 4.69) is 9.97 Å². The molecule has 0 saturated heterocycles. The van der Waals surface area contributed by atoms with E-state index in [9.17, 15) is 4.39 Å². The summed E-state index contributed by atoms with van der Waals surface area (Å²) in [7, 11) is 0. The van der Waals surface area contributed by atoms with E-state index in [1.807, 2.05) is 48.0 Å². The summed E-state index contributed by atoms with van der Waals surface area (Å²) in [6.07, 6.45) is 5.30. The van der Waals surface area contributed by atoms with Crippen molar-refractivity contribution in [2.24, 2.45) is 0 Å². The van der Waals surface area contributed by atoms with Crippen molar-refractivity contribution >= 4 is 17.3 Å². The minimum Gasteiger partial charge on any atom is -0.295 e. The predicted molar refractivity (Wildman–Crippen MR) is 73.7 cm³/mol. The van der Waals surface area contributed by atoms with E-state index in [0.29, 0.717) is 11.3 Å². The van der Waals surface area contributed by atoms with Crippen molar-refractivity contribution < 1.29 is 4.39 Å². The van der Waals surface area contributed by atoms with Crippen LogP contribution in [0.4, 0.5) is 4.39 Å². The van der Waals surface area contributed by atoms with Crippen LogP contribution in [0, 0.1) is 12.9 Å². The summed E-state index contributed by atoms with van der Waals surface area (Å²) in [5.74, 6) is 0.119. The number of thioether (sulfide) groups is 1. The van der Waals surface area contributed by atoms with Crippen molar-refractivity contribution in [3.05, 3.63) is 59.9 Å². The first-order valence-corrected chi connectivity index (χ1v) is 6.88. The molecule has 96 valence electrons. The van der Waals surface area contributed by atoms with Crippen molar-refractivity contribution in [1.29, 1.82) is 0 Å². The molecule has 3 heterocycles. The zero-order chi connectivity index (χ0) is 13.2. The van der Waals surface area contributed by atoms with Crippen molar-refractivity contribution in [1.82, 2.24) is 14.4 Å². The fraction of sp³-hybridized carbons (Fsp3) is 0.143. The molecule has 0 radical (unpaired) electrons. The fourth-order valence-corrected chi connectivity index (χ4v) is 2.80. The van der Waals surface area contributed by atoms with Crippen LogP contribution in [0.2, 0.25) is 0 Å². The second kappa shape index (κ2) is 5.01. The lowest BCUT2D eigenvalue weighted by Gasteiger charge is -2.03. The van der Waals surface area contributed by atoms with Gasteiger partial charge in [-0.25, -0.2) is 9.97 Å². The minimum atomic E-state index is -0.404. The summed E-state index contributed by atoms with van der Waals surface area (Å²) < 4.78 is 15.6. The number of hydrogen-bond donors (Lipinski definition) is 0. The number of rotatable bonds is 3. The molecule has 0 N–H and O–H groups in total. The normalized spacial score (nSPS) is 11.1. The van der Waals surface area contributed by atoms with E-state index in [-0.39, 0.29) is 0 Å². The van der Waals surface area contributed by atoms with Crippen LogP contribution < -0.4 is 0 Å². The summed E-state index contributed by atoms with van der Waals surface area (Å²) in [6, 6.07) is 7.74. The van der Waals surface area contributed by atoms with Gasteiger partial charge in [-0.3, -0.25) is 4.40 Å². The van der Waals surface area contributed by atoms with Crippen LogP contribution in [0.5, 0.6) is 0 Å². The Morgan fingerprint density at radius 2 is 2.16 bits per heavy atom. The Kier molecular flexibility index (Phi) is 3.21. The molecule has 0 aliphatic carbocycles. The van der Waals surface area contributed by atoms with Crippen LogP contribution in [0.1, 0.15) is 11.1 Å². The van der Waals surface area contributed by atoms with Crippen molar-refractivity contribution in [2.75, 3.05) is 0 Å². The van der Waals surface area contributed by atoms with Gasteiger partial charge in [0.05, 0.1) is 11.7 Å². The molecule has 3 aromatic heterocycles. The highest BCUT2D eigenvalue weighted by atomic mass is 32.2. The van der Waals surface area contributed by atoms with E-state index in [0.717, 1.165) is 16.2 Å². The lowest BCUT2D eigenvalue weighted by atomic mass is 10.2. The molecule has 0 saturated carbocycles. The minimum absolute atomic E-state index is 0.404. The van der Waals surface area contributed by atoms with Crippen LogP contribution in [-0.2, 0) is 5.75 Å². The quantitative estimate of drug-likeness (QED) is 0.540. The van der Waals surface area contributed by atoms with Gasteiger partial charge in [0.1, 0.15) is 0 Å². The zero-order valence-electron chi connectivity index (χ0n) is 10.4. The first kappa shape index (κ1) is 12.2. The Hall–Kier alpha value is -1.88. The summed E-state index contributed by atoms with van der Waals surface area (Å²) in [4.78, 5) is 8.08. The highest BCUT2D eigenvalue weighted by Gasteiger charge is 2.08. The molecule has 3 nitrogen and oxygen atoms in total. The average Bonchev–Trinajstić information content (AvgIpc) is 2.83. The molecular formula is C14H12FN3S. The Morgan fingerprint density at radius 1 is 1.26 bits per heavy atom. The fourth-order valence-electron chi connectivity index (χ4n) is 1.88. The second-order valence-corrected chi connectivity index (χ2v) is 5.23. The number of pyridine rings is 2. The first-order valence-electron chi connectivity index (χ1n) is 5.90. The SMILES string of the molecule is Cc1cnc(F)c(CSc2ncc3ccccn23)c1. The summed E-state index contributed by atoms with van der Waals surface area (Å²) in [5.41, 5.74) is 2.61. The molecule has 5 heteroatoms. The molecule has 19 heavy (non-hydrogen) atoms. The van der Waals surface area contributed by atoms with Crippen LogP contribution >= 0.6 is 11.8 Å². The van der Waals surface area contributed by atoms with Gasteiger partial charge in [-0.2, -0.15) is 4.39 Å². The maximum Gasteiger partial charge on any atom is 0.216 e. The van der Waals surface area contributed by atoms with E-state index in [1.54, 1.807) is 0 Å². The van der Waals surface area contributed by atoms with Gasteiger partial charge in [0.2, 0.25) is 5.95 Å². The van der Waals surface area contributed by atoms with E-state index >= 15 is 0 Å². The first-order chi connectivity index (χ1) is 9.24. The zero-order valence-corrected chi connectivity index (χ0v) is 11.2. The number of aryl methyl sites for hydroxylation is 1. The van der Waals surface area contributed by atoms with Gasteiger partial charge in [-0.1, -0.05) is 17.8 Å². The topological polar surface area (TPSA) is 30.2 Å². The van der Waals surface area contributed by atoms with Crippen molar-refractivity contribution in [3.8, 4) is 0 Å². The van der Waals surface area contributed by atoms with E-state index in [1.165, 1.54) is 18.0 Å². The Balaban J connectivity index is 1.84. The number of aromatic nitrogens is 3. The number of imidazole rings is 1. The third kappa shape index (κ3) is 2.46. The molecule has 0 aliphatic rings. The Labute approximate surface area is 114 Å². The molecule has 0 bridgehead atoms. The summed E-state index contributed by atoms with van der Waals surface area (Å²) >= 11 is 1.50. The smallest absolute Gasteiger partial charge is 0.216 e. The number of hydrogen-bond acceptors (Lipinski definition) is 3. The van der Waals surface area contributed by atoms with Crippen LogP contribution in [-0.4, -0.2) is 14.4 Å². The lowest BCUT2D eigenvalue weighted by Crippen LogP contribution is -1.94. The van der Waals surface area contributed by atoms with Gasteiger partial charge >= 0.3 is 0 Å². The average molecular weight is 273 g/mol. The maximum absolute atomic E-state index is 13.6. The van der Waals surface area contributed by atoms with E-state index < -0.39 is 5.95 Å². The van der Waals surface area contributed by atoms with Crippen LogP contribution in [0.25, 0.3) is 5.52 Å². The standard InChI is InChI=1S/C14H12FN3S/c1-10-6-11(13(15)16-7-10)9-19-14-17-8-12-4-2-3-5-18(12)14/h2-8H,9H2,1H3. The molecule has 0 aliphatic heterocycles. The van der Waals surface area contributed by atoms with Crippen molar-refractivity contribution in [3.63, 3.8) is 0 Å². The molecular weight excluding hydrogens is 261 g/mol. The Morgan fingerprint density at radius 3 is 3.05 bits per heavy atom. The lowest BCUT2D eigenvalue weighted by molar-refractivity contribution is 0.572.